The molecule has 0 N–H and O–H groups in total. The smallest absolute Gasteiger partial charge is 0.360 e. The minimum absolute atomic E-state index is 0.0750. The van der Waals surface area contributed by atoms with Crippen LogP contribution in [0, 0.1) is 17.5 Å². The molecule has 1 heterocycles. The minimum Gasteiger partial charge on any atom is -0.464 e. The first kappa shape index (κ1) is 12.2. The van der Waals surface area contributed by atoms with Crippen LogP contribution >= 0.6 is 0 Å². The first-order valence-corrected chi connectivity index (χ1v) is 4.73. The van der Waals surface area contributed by atoms with Gasteiger partial charge in [-0.25, -0.2) is 18.0 Å². The molecule has 0 atom stereocenters. The highest BCUT2D eigenvalue weighted by molar-refractivity contribution is 5.88. The predicted molar refractivity (Wildman–Crippen MR) is 53.2 cm³/mol. The van der Waals surface area contributed by atoms with Gasteiger partial charge in [-0.2, -0.15) is 0 Å². The number of nitrogens with zero attached hydrogens (tertiary/aromatic N) is 1. The average Bonchev–Trinajstić information content (AvgIpc) is 2.84. The van der Waals surface area contributed by atoms with Crippen molar-refractivity contribution < 1.29 is 27.2 Å². The van der Waals surface area contributed by atoms with Gasteiger partial charge in [0, 0.05) is 11.6 Å². The summed E-state index contributed by atoms with van der Waals surface area (Å²) in [5, 5.41) is 3.36. The molecule has 0 aliphatic heterocycles. The quantitative estimate of drug-likeness (QED) is 0.612. The van der Waals surface area contributed by atoms with Gasteiger partial charge in [0.25, 0.3) is 0 Å². The van der Waals surface area contributed by atoms with Gasteiger partial charge in [0.05, 0.1) is 7.11 Å². The molecule has 1 aromatic carbocycles. The van der Waals surface area contributed by atoms with Crippen LogP contribution in [0.5, 0.6) is 0 Å². The van der Waals surface area contributed by atoms with E-state index < -0.39 is 23.4 Å². The second kappa shape index (κ2) is 4.52. The predicted octanol–water partition coefficient (Wildman–Crippen LogP) is 2.55. The summed E-state index contributed by atoms with van der Waals surface area (Å²) in [7, 11) is 1.15. The van der Waals surface area contributed by atoms with Crippen LogP contribution < -0.4 is 0 Å². The van der Waals surface area contributed by atoms with Crippen molar-refractivity contribution in [1.82, 2.24) is 5.16 Å². The Morgan fingerprint density at radius 1 is 1.22 bits per heavy atom. The molecular formula is C11H6F3NO3. The molecule has 0 aliphatic rings. The summed E-state index contributed by atoms with van der Waals surface area (Å²) in [5.74, 6) is -5.13. The van der Waals surface area contributed by atoms with E-state index in [-0.39, 0.29) is 17.0 Å². The minimum atomic E-state index is -1.58. The zero-order chi connectivity index (χ0) is 13.3. The largest absolute Gasteiger partial charge is 0.464 e. The fourth-order valence-electron chi connectivity index (χ4n) is 1.31. The molecule has 0 amide bonds. The van der Waals surface area contributed by atoms with Crippen LogP contribution in [0.25, 0.3) is 11.3 Å². The van der Waals surface area contributed by atoms with Crippen molar-refractivity contribution in [3.8, 4) is 11.3 Å². The van der Waals surface area contributed by atoms with E-state index in [9.17, 15) is 18.0 Å². The lowest BCUT2D eigenvalue weighted by Gasteiger charge is -1.98. The molecule has 0 fully saturated rings. The Kier molecular flexibility index (Phi) is 3.05. The summed E-state index contributed by atoms with van der Waals surface area (Å²) in [4.78, 5) is 11.1. The lowest BCUT2D eigenvalue weighted by Crippen LogP contribution is -2.00. The van der Waals surface area contributed by atoms with Crippen molar-refractivity contribution in [3.05, 3.63) is 41.3 Å². The third-order valence-electron chi connectivity index (χ3n) is 2.17. The number of rotatable bonds is 2. The van der Waals surface area contributed by atoms with E-state index >= 15 is 0 Å². The van der Waals surface area contributed by atoms with Crippen LogP contribution in [-0.4, -0.2) is 18.2 Å². The first-order chi connectivity index (χ1) is 8.52. The van der Waals surface area contributed by atoms with E-state index in [4.69, 9.17) is 4.52 Å². The number of halogens is 3. The lowest BCUT2D eigenvalue weighted by atomic mass is 10.1. The van der Waals surface area contributed by atoms with Crippen molar-refractivity contribution in [2.24, 2.45) is 0 Å². The Balaban J connectivity index is 2.43. The van der Waals surface area contributed by atoms with E-state index in [1.54, 1.807) is 0 Å². The Morgan fingerprint density at radius 2 is 1.83 bits per heavy atom. The van der Waals surface area contributed by atoms with E-state index in [2.05, 4.69) is 9.89 Å². The molecule has 0 saturated carbocycles. The monoisotopic (exact) mass is 257 g/mol. The summed E-state index contributed by atoms with van der Waals surface area (Å²) < 4.78 is 47.8. The molecule has 2 aromatic rings. The van der Waals surface area contributed by atoms with E-state index in [1.807, 2.05) is 0 Å². The summed E-state index contributed by atoms with van der Waals surface area (Å²) in [6.45, 7) is 0. The highest BCUT2D eigenvalue weighted by atomic mass is 19.2. The summed E-state index contributed by atoms with van der Waals surface area (Å²) in [6.07, 6.45) is 0. The number of carbonyl (C=O) groups is 1. The standard InChI is InChI=1S/C11H6F3NO3/c1-17-11(16)8-4-9(18-15-8)5-2-6(12)10(14)7(13)3-5/h2-4H,1H3. The first-order valence-electron chi connectivity index (χ1n) is 4.73. The fraction of sp³-hybridized carbons (Fsp3) is 0.0909. The second-order valence-corrected chi connectivity index (χ2v) is 3.32. The van der Waals surface area contributed by atoms with Gasteiger partial charge < -0.3 is 9.26 Å². The van der Waals surface area contributed by atoms with Crippen LogP contribution in [0.1, 0.15) is 10.5 Å². The molecule has 0 unspecified atom stereocenters. The van der Waals surface area contributed by atoms with Gasteiger partial charge >= 0.3 is 5.97 Å². The number of methoxy groups -OCH3 is 1. The molecule has 94 valence electrons. The molecule has 0 radical (unpaired) electrons. The van der Waals surface area contributed by atoms with Crippen LogP contribution in [0.2, 0.25) is 0 Å². The molecular weight excluding hydrogens is 251 g/mol. The Labute approximate surface area is 99.0 Å². The van der Waals surface area contributed by atoms with Gasteiger partial charge in [-0.3, -0.25) is 0 Å². The highest BCUT2D eigenvalue weighted by Crippen LogP contribution is 2.24. The van der Waals surface area contributed by atoms with Crippen molar-refractivity contribution in [1.29, 1.82) is 0 Å². The number of hydrogen-bond acceptors (Lipinski definition) is 4. The normalized spacial score (nSPS) is 10.4. The third-order valence-corrected chi connectivity index (χ3v) is 2.17. The number of ether oxygens (including phenoxy) is 1. The summed E-state index contributed by atoms with van der Waals surface area (Å²) in [6, 6.07) is 2.61. The lowest BCUT2D eigenvalue weighted by molar-refractivity contribution is 0.0589. The number of benzene rings is 1. The number of aromatic nitrogens is 1. The number of hydrogen-bond donors (Lipinski definition) is 0. The maximum atomic E-state index is 13.0. The van der Waals surface area contributed by atoms with Crippen molar-refractivity contribution >= 4 is 5.97 Å². The molecule has 7 heteroatoms. The van der Waals surface area contributed by atoms with Crippen LogP contribution in [-0.2, 0) is 4.74 Å². The van der Waals surface area contributed by atoms with Crippen LogP contribution in [0.15, 0.2) is 22.7 Å². The molecule has 0 aliphatic carbocycles. The molecule has 0 spiro atoms. The average molecular weight is 257 g/mol. The van der Waals surface area contributed by atoms with Crippen molar-refractivity contribution in [3.63, 3.8) is 0 Å². The SMILES string of the molecule is COC(=O)c1cc(-c2cc(F)c(F)c(F)c2)on1. The van der Waals surface area contributed by atoms with Gasteiger partial charge in [-0.05, 0) is 12.1 Å². The molecule has 2 rings (SSSR count). The van der Waals surface area contributed by atoms with E-state index in [0.29, 0.717) is 0 Å². The maximum absolute atomic E-state index is 13.0. The molecule has 0 bridgehead atoms. The second-order valence-electron chi connectivity index (χ2n) is 3.32. The number of esters is 1. The van der Waals surface area contributed by atoms with Gasteiger partial charge in [-0.15, -0.1) is 0 Å². The van der Waals surface area contributed by atoms with Crippen molar-refractivity contribution in [2.75, 3.05) is 7.11 Å². The van der Waals surface area contributed by atoms with Crippen LogP contribution in [0.3, 0.4) is 0 Å². The van der Waals surface area contributed by atoms with Gasteiger partial charge in [-0.1, -0.05) is 5.16 Å². The Bertz CT molecular complexity index is 586. The fourth-order valence-corrected chi connectivity index (χ4v) is 1.31. The topological polar surface area (TPSA) is 52.3 Å². The third kappa shape index (κ3) is 2.06. The number of carbonyl (C=O) groups excluding carboxylic acids is 1. The summed E-state index contributed by atoms with van der Waals surface area (Å²) in [5.41, 5.74) is -0.230. The molecule has 18 heavy (non-hydrogen) atoms. The summed E-state index contributed by atoms with van der Waals surface area (Å²) >= 11 is 0. The zero-order valence-electron chi connectivity index (χ0n) is 9.04. The van der Waals surface area contributed by atoms with Crippen molar-refractivity contribution in [2.45, 2.75) is 0 Å². The molecule has 1 aromatic heterocycles. The van der Waals surface area contributed by atoms with Crippen LogP contribution in [0.4, 0.5) is 13.2 Å². The maximum Gasteiger partial charge on any atom is 0.360 e. The van der Waals surface area contributed by atoms with E-state index in [0.717, 1.165) is 25.3 Å². The Hall–Kier alpha value is -2.31. The van der Waals surface area contributed by atoms with E-state index in [1.165, 1.54) is 0 Å². The zero-order valence-corrected chi connectivity index (χ0v) is 9.04. The molecule has 4 nitrogen and oxygen atoms in total. The van der Waals surface area contributed by atoms with Gasteiger partial charge in [0.2, 0.25) is 0 Å². The van der Waals surface area contributed by atoms with Gasteiger partial charge in [0.1, 0.15) is 0 Å². The highest BCUT2D eigenvalue weighted by Gasteiger charge is 2.17. The molecule has 0 saturated heterocycles. The Morgan fingerprint density at radius 3 is 2.39 bits per heavy atom. The van der Waals surface area contributed by atoms with Gasteiger partial charge in [0.15, 0.2) is 28.9 Å².